The zero-order valence-electron chi connectivity index (χ0n) is 12.0. The number of hydrogen-bond acceptors (Lipinski definition) is 6. The SMILES string of the molecule is FC(F)(F)c1ccccc1Nc1nnc(SC[C@@H]2CCCO2)s1. The molecule has 2 heterocycles. The van der Waals surface area contributed by atoms with E-state index < -0.39 is 11.7 Å². The maximum absolute atomic E-state index is 13.0. The van der Waals surface area contributed by atoms with Crippen molar-refractivity contribution < 1.29 is 17.9 Å². The lowest BCUT2D eigenvalue weighted by atomic mass is 10.2. The van der Waals surface area contributed by atoms with Crippen LogP contribution < -0.4 is 5.32 Å². The van der Waals surface area contributed by atoms with Crippen molar-refractivity contribution in [3.63, 3.8) is 0 Å². The number of hydrogen-bond donors (Lipinski definition) is 1. The summed E-state index contributed by atoms with van der Waals surface area (Å²) in [6, 6.07) is 5.32. The molecular formula is C14H14F3N3OS2. The maximum atomic E-state index is 13.0. The molecule has 1 aromatic carbocycles. The molecule has 0 spiro atoms. The number of thioether (sulfide) groups is 1. The Kier molecular flexibility index (Phi) is 5.08. The van der Waals surface area contributed by atoms with Gasteiger partial charge in [-0.25, -0.2) is 0 Å². The number of halogens is 3. The Morgan fingerprint density at radius 1 is 1.30 bits per heavy atom. The number of para-hydroxylation sites is 1. The van der Waals surface area contributed by atoms with Gasteiger partial charge in [-0.15, -0.1) is 10.2 Å². The van der Waals surface area contributed by atoms with Gasteiger partial charge in [0.2, 0.25) is 5.13 Å². The van der Waals surface area contributed by atoms with E-state index in [-0.39, 0.29) is 11.8 Å². The van der Waals surface area contributed by atoms with Crippen LogP contribution >= 0.6 is 23.1 Å². The lowest BCUT2D eigenvalue weighted by Crippen LogP contribution is -2.08. The van der Waals surface area contributed by atoms with Crippen LogP contribution in [0.5, 0.6) is 0 Å². The van der Waals surface area contributed by atoms with Gasteiger partial charge in [-0.1, -0.05) is 35.2 Å². The summed E-state index contributed by atoms with van der Waals surface area (Å²) >= 11 is 2.75. The minimum absolute atomic E-state index is 0.0215. The first-order chi connectivity index (χ1) is 11.0. The summed E-state index contributed by atoms with van der Waals surface area (Å²) in [5.41, 5.74) is -0.740. The third-order valence-electron chi connectivity index (χ3n) is 3.30. The summed E-state index contributed by atoms with van der Waals surface area (Å²) in [5, 5.41) is 11.0. The van der Waals surface area contributed by atoms with Gasteiger partial charge in [-0.2, -0.15) is 13.2 Å². The fourth-order valence-corrected chi connectivity index (χ4v) is 4.07. The number of alkyl halides is 3. The number of rotatable bonds is 5. The Balaban J connectivity index is 1.65. The van der Waals surface area contributed by atoms with Crippen LogP contribution in [0.15, 0.2) is 28.6 Å². The maximum Gasteiger partial charge on any atom is 0.418 e. The monoisotopic (exact) mass is 361 g/mol. The second kappa shape index (κ2) is 7.06. The summed E-state index contributed by atoms with van der Waals surface area (Å²) in [4.78, 5) is 0. The Morgan fingerprint density at radius 2 is 2.13 bits per heavy atom. The molecule has 1 atom stereocenters. The molecule has 0 bridgehead atoms. The molecule has 1 fully saturated rings. The van der Waals surface area contributed by atoms with Crippen LogP contribution in [-0.2, 0) is 10.9 Å². The lowest BCUT2D eigenvalue weighted by Gasteiger charge is -2.12. The Hall–Kier alpha value is -1.32. The Labute approximate surface area is 139 Å². The number of nitrogens with one attached hydrogen (secondary N) is 1. The first kappa shape index (κ1) is 16.5. The largest absolute Gasteiger partial charge is 0.418 e. The topological polar surface area (TPSA) is 47.0 Å². The van der Waals surface area contributed by atoms with E-state index in [9.17, 15) is 13.2 Å². The molecule has 0 unspecified atom stereocenters. The van der Waals surface area contributed by atoms with Gasteiger partial charge < -0.3 is 10.1 Å². The lowest BCUT2D eigenvalue weighted by molar-refractivity contribution is -0.136. The van der Waals surface area contributed by atoms with Crippen LogP contribution in [0.25, 0.3) is 0 Å². The molecule has 1 aliphatic rings. The molecule has 0 radical (unpaired) electrons. The van der Waals surface area contributed by atoms with Crippen molar-refractivity contribution in [1.29, 1.82) is 0 Å². The second-order valence-corrected chi connectivity index (χ2v) is 7.23. The predicted molar refractivity (Wildman–Crippen MR) is 84.3 cm³/mol. The summed E-state index contributed by atoms with van der Waals surface area (Å²) < 4.78 is 45.1. The van der Waals surface area contributed by atoms with E-state index in [0.717, 1.165) is 31.3 Å². The average Bonchev–Trinajstić information content (AvgIpc) is 3.16. The molecule has 124 valence electrons. The van der Waals surface area contributed by atoms with E-state index >= 15 is 0 Å². The van der Waals surface area contributed by atoms with Gasteiger partial charge in [-0.3, -0.25) is 0 Å². The molecule has 9 heteroatoms. The van der Waals surface area contributed by atoms with E-state index in [1.165, 1.54) is 35.2 Å². The van der Waals surface area contributed by atoms with Crippen molar-refractivity contribution >= 4 is 33.9 Å². The fraction of sp³-hybridized carbons (Fsp3) is 0.429. The second-order valence-electron chi connectivity index (χ2n) is 4.99. The highest BCUT2D eigenvalue weighted by Crippen LogP contribution is 2.37. The number of benzene rings is 1. The molecule has 0 aliphatic carbocycles. The van der Waals surface area contributed by atoms with Gasteiger partial charge in [-0.05, 0) is 25.0 Å². The van der Waals surface area contributed by atoms with Gasteiger partial charge in [0.1, 0.15) is 0 Å². The van der Waals surface area contributed by atoms with E-state index in [1.807, 2.05) is 0 Å². The molecule has 0 amide bonds. The molecule has 1 aromatic heterocycles. The van der Waals surface area contributed by atoms with Crippen molar-refractivity contribution in [3.8, 4) is 0 Å². The molecule has 1 saturated heterocycles. The third kappa shape index (κ3) is 4.36. The molecule has 4 nitrogen and oxygen atoms in total. The Bertz CT molecular complexity index is 657. The smallest absolute Gasteiger partial charge is 0.377 e. The van der Waals surface area contributed by atoms with Crippen LogP contribution in [-0.4, -0.2) is 28.7 Å². The number of nitrogens with zero attached hydrogens (tertiary/aromatic N) is 2. The van der Waals surface area contributed by atoms with E-state index in [4.69, 9.17) is 4.74 Å². The molecule has 3 rings (SSSR count). The fourth-order valence-electron chi connectivity index (χ4n) is 2.21. The Morgan fingerprint density at radius 3 is 2.87 bits per heavy atom. The first-order valence-corrected chi connectivity index (χ1v) is 8.84. The first-order valence-electron chi connectivity index (χ1n) is 7.03. The van der Waals surface area contributed by atoms with Gasteiger partial charge in [0.05, 0.1) is 17.4 Å². The standard InChI is InChI=1S/C14H14F3N3OS2/c15-14(16,17)10-5-1-2-6-11(10)18-12-19-20-13(23-12)22-8-9-4-3-7-21-9/h1-2,5-6,9H,3-4,7-8H2,(H,18,19)/t9-/m0/s1. The van der Waals surface area contributed by atoms with Gasteiger partial charge in [0.25, 0.3) is 0 Å². The van der Waals surface area contributed by atoms with E-state index in [0.29, 0.717) is 9.47 Å². The van der Waals surface area contributed by atoms with Crippen molar-refractivity contribution in [2.75, 3.05) is 17.7 Å². The third-order valence-corrected chi connectivity index (χ3v) is 5.40. The van der Waals surface area contributed by atoms with Crippen LogP contribution in [0.4, 0.5) is 24.0 Å². The minimum atomic E-state index is -4.41. The zero-order valence-corrected chi connectivity index (χ0v) is 13.6. The molecule has 23 heavy (non-hydrogen) atoms. The number of aromatic nitrogens is 2. The minimum Gasteiger partial charge on any atom is -0.377 e. The average molecular weight is 361 g/mol. The van der Waals surface area contributed by atoms with Gasteiger partial charge in [0.15, 0.2) is 4.34 Å². The zero-order chi connectivity index (χ0) is 16.3. The number of anilines is 2. The normalized spacial score (nSPS) is 18.3. The van der Waals surface area contributed by atoms with Gasteiger partial charge in [0, 0.05) is 12.4 Å². The van der Waals surface area contributed by atoms with Crippen LogP contribution in [0.2, 0.25) is 0 Å². The molecular weight excluding hydrogens is 347 g/mol. The van der Waals surface area contributed by atoms with Crippen molar-refractivity contribution in [2.45, 2.75) is 29.5 Å². The molecule has 2 aromatic rings. The van der Waals surface area contributed by atoms with E-state index in [1.54, 1.807) is 6.07 Å². The molecule has 0 saturated carbocycles. The quantitative estimate of drug-likeness (QED) is 0.791. The van der Waals surface area contributed by atoms with E-state index in [2.05, 4.69) is 15.5 Å². The predicted octanol–water partition coefficient (Wildman–Crippen LogP) is 4.57. The summed E-state index contributed by atoms with van der Waals surface area (Å²) in [6.07, 6.45) is -2.07. The summed E-state index contributed by atoms with van der Waals surface area (Å²) in [5.74, 6) is 0.785. The highest BCUT2D eigenvalue weighted by molar-refractivity contribution is 8.01. The van der Waals surface area contributed by atoms with Crippen molar-refractivity contribution in [3.05, 3.63) is 29.8 Å². The summed E-state index contributed by atoms with van der Waals surface area (Å²) in [6.45, 7) is 0.794. The number of ether oxygens (including phenoxy) is 1. The highest BCUT2D eigenvalue weighted by Gasteiger charge is 2.33. The van der Waals surface area contributed by atoms with Crippen molar-refractivity contribution in [2.24, 2.45) is 0 Å². The molecule has 1 aliphatic heterocycles. The van der Waals surface area contributed by atoms with Crippen LogP contribution in [0.1, 0.15) is 18.4 Å². The van der Waals surface area contributed by atoms with Crippen molar-refractivity contribution in [1.82, 2.24) is 10.2 Å². The van der Waals surface area contributed by atoms with Gasteiger partial charge >= 0.3 is 6.18 Å². The highest BCUT2D eigenvalue weighted by atomic mass is 32.2. The molecule has 1 N–H and O–H groups in total. The summed E-state index contributed by atoms with van der Waals surface area (Å²) in [7, 11) is 0. The van der Waals surface area contributed by atoms with Crippen LogP contribution in [0, 0.1) is 0 Å². The van der Waals surface area contributed by atoms with Crippen LogP contribution in [0.3, 0.4) is 0 Å².